The first-order valence-electron chi connectivity index (χ1n) is 11.6. The van der Waals surface area contributed by atoms with Crippen LogP contribution in [0.3, 0.4) is 0 Å². The lowest BCUT2D eigenvalue weighted by molar-refractivity contribution is -0.139. The monoisotopic (exact) mass is 648 g/mol. The van der Waals surface area contributed by atoms with Crippen LogP contribution >= 0.6 is 43.2 Å². The zero-order valence-corrected chi connectivity index (χ0v) is 25.0. The van der Waals surface area contributed by atoms with Crippen LogP contribution in [0.2, 0.25) is 0 Å². The summed E-state index contributed by atoms with van der Waals surface area (Å²) >= 11 is 8.30. The third-order valence-electron chi connectivity index (χ3n) is 5.63. The number of nitrogens with zero attached hydrogens (tertiary/aromatic N) is 2. The van der Waals surface area contributed by atoms with E-state index in [1.807, 2.05) is 44.2 Å². The number of benzene rings is 2. The largest absolute Gasteiger partial charge is 0.496 e. The maximum absolute atomic E-state index is 13.9. The Labute approximate surface area is 235 Å². The fraction of sp³-hybridized carbons (Fsp3) is 0.296. The fourth-order valence-corrected chi connectivity index (χ4v) is 6.07. The molecule has 1 atom stereocenters. The van der Waals surface area contributed by atoms with Gasteiger partial charge in [-0.2, -0.15) is 0 Å². The highest BCUT2D eigenvalue weighted by atomic mass is 79.9. The lowest BCUT2D eigenvalue weighted by Gasteiger charge is -2.25. The standard InChI is InChI=1S/C27H26Br2N2O5S/c1-6-35-26(33)23-15(4)30-27-31(24(23)16-7-9-21(34-5)19(29)12-16)25(32)22(37-27)13-17-11-18(28)8-10-20(17)36-14(2)3/h7-14,24H,6H2,1-5H3/b22-13+/t24-/m0/s1. The Hall–Kier alpha value is -2.69. The van der Waals surface area contributed by atoms with Gasteiger partial charge in [-0.05, 0) is 85.6 Å². The molecular formula is C27H26Br2N2O5S. The summed E-state index contributed by atoms with van der Waals surface area (Å²) in [5.41, 5.74) is 2.06. The average Bonchev–Trinajstić information content (AvgIpc) is 3.14. The van der Waals surface area contributed by atoms with Crippen molar-refractivity contribution in [3.8, 4) is 11.5 Å². The van der Waals surface area contributed by atoms with Crippen molar-refractivity contribution in [3.05, 3.63) is 87.4 Å². The summed E-state index contributed by atoms with van der Waals surface area (Å²) in [5, 5.41) is 0. The second kappa shape index (κ2) is 11.4. The van der Waals surface area contributed by atoms with Crippen molar-refractivity contribution >= 4 is 55.2 Å². The van der Waals surface area contributed by atoms with E-state index in [2.05, 4.69) is 36.9 Å². The van der Waals surface area contributed by atoms with Crippen molar-refractivity contribution in [3.63, 3.8) is 0 Å². The van der Waals surface area contributed by atoms with E-state index in [-0.39, 0.29) is 18.3 Å². The minimum atomic E-state index is -0.714. The number of halogens is 2. The van der Waals surface area contributed by atoms with Gasteiger partial charge in [0.2, 0.25) is 0 Å². The molecule has 0 spiro atoms. The quantitative estimate of drug-likeness (QED) is 0.332. The van der Waals surface area contributed by atoms with Crippen molar-refractivity contribution in [1.82, 2.24) is 4.57 Å². The molecule has 10 heteroatoms. The maximum atomic E-state index is 13.9. The highest BCUT2D eigenvalue weighted by Crippen LogP contribution is 2.35. The number of esters is 1. The first-order chi connectivity index (χ1) is 17.6. The average molecular weight is 650 g/mol. The Balaban J connectivity index is 1.96. The highest BCUT2D eigenvalue weighted by molar-refractivity contribution is 9.10. The third kappa shape index (κ3) is 5.61. The van der Waals surface area contributed by atoms with Crippen LogP contribution < -0.4 is 24.4 Å². The van der Waals surface area contributed by atoms with Crippen molar-refractivity contribution < 1.29 is 19.0 Å². The molecule has 3 aromatic rings. The van der Waals surface area contributed by atoms with Crippen LogP contribution in [0, 0.1) is 0 Å². The number of thiazole rings is 1. The van der Waals surface area contributed by atoms with Gasteiger partial charge in [0.25, 0.3) is 5.56 Å². The van der Waals surface area contributed by atoms with Crippen LogP contribution in [0.1, 0.15) is 44.9 Å². The Morgan fingerprint density at radius 2 is 1.92 bits per heavy atom. The van der Waals surface area contributed by atoms with Crippen molar-refractivity contribution in [1.29, 1.82) is 0 Å². The van der Waals surface area contributed by atoms with Gasteiger partial charge < -0.3 is 14.2 Å². The second-order valence-corrected chi connectivity index (χ2v) is 11.3. The summed E-state index contributed by atoms with van der Waals surface area (Å²) in [6.45, 7) is 7.62. The molecule has 0 saturated carbocycles. The van der Waals surface area contributed by atoms with Gasteiger partial charge in [-0.3, -0.25) is 9.36 Å². The van der Waals surface area contributed by atoms with Crippen LogP contribution in [-0.2, 0) is 9.53 Å². The maximum Gasteiger partial charge on any atom is 0.338 e. The van der Waals surface area contributed by atoms with Gasteiger partial charge in [-0.1, -0.05) is 33.3 Å². The molecular weight excluding hydrogens is 624 g/mol. The summed E-state index contributed by atoms with van der Waals surface area (Å²) in [6.07, 6.45) is 1.77. The number of rotatable bonds is 7. The molecule has 0 bridgehead atoms. The molecule has 0 amide bonds. The van der Waals surface area contributed by atoms with Gasteiger partial charge >= 0.3 is 5.97 Å². The number of hydrogen-bond donors (Lipinski definition) is 0. The van der Waals surface area contributed by atoms with Crippen LogP contribution in [0.5, 0.6) is 11.5 Å². The predicted octanol–water partition coefficient (Wildman–Crippen LogP) is 5.12. The first kappa shape index (κ1) is 27.3. The molecule has 1 aliphatic heterocycles. The number of hydrogen-bond acceptors (Lipinski definition) is 7. The van der Waals surface area contributed by atoms with Gasteiger partial charge in [0, 0.05) is 10.0 Å². The summed E-state index contributed by atoms with van der Waals surface area (Å²) in [6, 6.07) is 10.4. The van der Waals surface area contributed by atoms with E-state index >= 15 is 0 Å². The molecule has 7 nitrogen and oxygen atoms in total. The van der Waals surface area contributed by atoms with Gasteiger partial charge in [-0.15, -0.1) is 0 Å². The van der Waals surface area contributed by atoms with E-state index in [4.69, 9.17) is 14.2 Å². The number of methoxy groups -OCH3 is 1. The van der Waals surface area contributed by atoms with Gasteiger partial charge in [-0.25, -0.2) is 9.79 Å². The molecule has 2 aromatic carbocycles. The normalized spacial score (nSPS) is 15.5. The molecule has 1 aromatic heterocycles. The molecule has 0 fully saturated rings. The number of ether oxygens (including phenoxy) is 3. The van der Waals surface area contributed by atoms with Crippen molar-refractivity contribution in [2.75, 3.05) is 13.7 Å². The minimum absolute atomic E-state index is 0.0298. The molecule has 0 radical (unpaired) electrons. The Morgan fingerprint density at radius 3 is 2.57 bits per heavy atom. The smallest absolute Gasteiger partial charge is 0.338 e. The summed E-state index contributed by atoms with van der Waals surface area (Å²) < 4.78 is 20.3. The van der Waals surface area contributed by atoms with Gasteiger partial charge in [0.05, 0.1) is 46.1 Å². The van der Waals surface area contributed by atoms with E-state index in [0.717, 1.165) is 15.6 Å². The SMILES string of the molecule is CCOC(=O)C1=C(C)N=c2s/c(=C/c3cc(Br)ccc3OC(C)C)c(=O)n2[C@H]1c1ccc(OC)c(Br)c1. The van der Waals surface area contributed by atoms with E-state index in [1.54, 1.807) is 37.7 Å². The number of allylic oxidation sites excluding steroid dienone is 1. The van der Waals surface area contributed by atoms with Gasteiger partial charge in [0.1, 0.15) is 11.5 Å². The highest BCUT2D eigenvalue weighted by Gasteiger charge is 2.33. The number of carbonyl (C=O) groups is 1. The molecule has 37 heavy (non-hydrogen) atoms. The zero-order valence-electron chi connectivity index (χ0n) is 21.0. The molecule has 4 rings (SSSR count). The fourth-order valence-electron chi connectivity index (χ4n) is 4.09. The lowest BCUT2D eigenvalue weighted by atomic mass is 9.96. The Morgan fingerprint density at radius 1 is 1.19 bits per heavy atom. The zero-order chi connectivity index (χ0) is 26.9. The van der Waals surface area contributed by atoms with Crippen LogP contribution in [0.15, 0.2) is 66.4 Å². The number of aromatic nitrogens is 1. The molecule has 2 heterocycles. The lowest BCUT2D eigenvalue weighted by Crippen LogP contribution is -2.40. The molecule has 194 valence electrons. The molecule has 0 aliphatic carbocycles. The molecule has 0 N–H and O–H groups in total. The Kier molecular flexibility index (Phi) is 8.40. The van der Waals surface area contributed by atoms with Crippen LogP contribution in [0.4, 0.5) is 0 Å². The molecule has 1 aliphatic rings. The van der Waals surface area contributed by atoms with Gasteiger partial charge in [0.15, 0.2) is 4.80 Å². The number of carbonyl (C=O) groups excluding carboxylic acids is 1. The number of fused-ring (bicyclic) bond motifs is 1. The summed E-state index contributed by atoms with van der Waals surface area (Å²) in [7, 11) is 1.58. The Bertz CT molecular complexity index is 1570. The summed E-state index contributed by atoms with van der Waals surface area (Å²) in [5.74, 6) is 0.805. The van der Waals surface area contributed by atoms with E-state index in [0.29, 0.717) is 36.6 Å². The van der Waals surface area contributed by atoms with E-state index < -0.39 is 12.0 Å². The molecule has 0 saturated heterocycles. The predicted molar refractivity (Wildman–Crippen MR) is 151 cm³/mol. The van der Waals surface area contributed by atoms with E-state index in [9.17, 15) is 9.59 Å². The van der Waals surface area contributed by atoms with Crippen LogP contribution in [-0.4, -0.2) is 30.4 Å². The topological polar surface area (TPSA) is 79.1 Å². The third-order valence-corrected chi connectivity index (χ3v) is 7.73. The summed E-state index contributed by atoms with van der Waals surface area (Å²) in [4.78, 5) is 32.1. The van der Waals surface area contributed by atoms with Crippen molar-refractivity contribution in [2.24, 2.45) is 4.99 Å². The van der Waals surface area contributed by atoms with Crippen LogP contribution in [0.25, 0.3) is 6.08 Å². The van der Waals surface area contributed by atoms with Crippen molar-refractivity contribution in [2.45, 2.75) is 39.8 Å². The minimum Gasteiger partial charge on any atom is -0.496 e. The molecule has 0 unspecified atom stereocenters. The first-order valence-corrected chi connectivity index (χ1v) is 14.0. The van der Waals surface area contributed by atoms with E-state index in [1.165, 1.54) is 11.3 Å². The second-order valence-electron chi connectivity index (χ2n) is 8.55.